The van der Waals surface area contributed by atoms with E-state index in [-0.39, 0.29) is 5.91 Å². The molecule has 1 aromatic heterocycles. The van der Waals surface area contributed by atoms with Crippen LogP contribution in [0.4, 0.5) is 5.00 Å². The highest BCUT2D eigenvalue weighted by Crippen LogP contribution is 2.37. The first-order valence-corrected chi connectivity index (χ1v) is 9.73. The SMILES string of the molecule is COc1cccc(C[NH+](C)Cc2c(NC(C)=O)sc3c2CCCC3)c1. The highest BCUT2D eigenvalue weighted by atomic mass is 32.1. The molecular weight excluding hydrogens is 332 g/mol. The van der Waals surface area contributed by atoms with E-state index >= 15 is 0 Å². The van der Waals surface area contributed by atoms with Crippen LogP contribution in [0.3, 0.4) is 0 Å². The van der Waals surface area contributed by atoms with Crippen LogP contribution in [-0.2, 0) is 30.7 Å². The number of amides is 1. The molecule has 3 rings (SSSR count). The Balaban J connectivity index is 1.78. The third-order valence-electron chi connectivity index (χ3n) is 4.69. The van der Waals surface area contributed by atoms with E-state index in [2.05, 4.69) is 24.5 Å². The smallest absolute Gasteiger partial charge is 0.221 e. The number of rotatable bonds is 6. The lowest BCUT2D eigenvalue weighted by atomic mass is 9.95. The molecule has 25 heavy (non-hydrogen) atoms. The summed E-state index contributed by atoms with van der Waals surface area (Å²) in [6.45, 7) is 3.45. The molecule has 0 aliphatic heterocycles. The largest absolute Gasteiger partial charge is 0.497 e. The van der Waals surface area contributed by atoms with E-state index in [4.69, 9.17) is 4.74 Å². The fourth-order valence-corrected chi connectivity index (χ4v) is 4.93. The van der Waals surface area contributed by atoms with Crippen molar-refractivity contribution in [2.75, 3.05) is 19.5 Å². The van der Waals surface area contributed by atoms with Gasteiger partial charge in [-0.3, -0.25) is 4.79 Å². The van der Waals surface area contributed by atoms with E-state index < -0.39 is 0 Å². The van der Waals surface area contributed by atoms with Gasteiger partial charge in [-0.1, -0.05) is 12.1 Å². The highest BCUT2D eigenvalue weighted by Gasteiger charge is 2.23. The second kappa shape index (κ2) is 8.02. The van der Waals surface area contributed by atoms with Crippen LogP contribution < -0.4 is 15.0 Å². The summed E-state index contributed by atoms with van der Waals surface area (Å²) in [5, 5.41) is 4.12. The maximum atomic E-state index is 11.6. The van der Waals surface area contributed by atoms with Gasteiger partial charge in [0, 0.05) is 22.9 Å². The molecule has 1 amide bonds. The van der Waals surface area contributed by atoms with Crippen molar-refractivity contribution in [1.29, 1.82) is 0 Å². The highest BCUT2D eigenvalue weighted by molar-refractivity contribution is 7.16. The van der Waals surface area contributed by atoms with Crippen molar-refractivity contribution in [2.24, 2.45) is 0 Å². The van der Waals surface area contributed by atoms with Gasteiger partial charge in [0.2, 0.25) is 5.91 Å². The predicted molar refractivity (Wildman–Crippen MR) is 103 cm³/mol. The van der Waals surface area contributed by atoms with Gasteiger partial charge in [0.05, 0.1) is 14.2 Å². The van der Waals surface area contributed by atoms with Gasteiger partial charge in [0.1, 0.15) is 23.8 Å². The zero-order valence-corrected chi connectivity index (χ0v) is 16.1. The maximum Gasteiger partial charge on any atom is 0.221 e. The average Bonchev–Trinajstić information content (AvgIpc) is 2.91. The molecular formula is C20H27N2O2S+. The number of thiophene rings is 1. The number of fused-ring (bicyclic) bond motifs is 1. The molecule has 1 aliphatic rings. The van der Waals surface area contributed by atoms with Crippen LogP contribution in [0.25, 0.3) is 0 Å². The van der Waals surface area contributed by atoms with Crippen molar-refractivity contribution in [3.63, 3.8) is 0 Å². The van der Waals surface area contributed by atoms with Crippen molar-refractivity contribution in [3.05, 3.63) is 45.8 Å². The summed E-state index contributed by atoms with van der Waals surface area (Å²) in [5.41, 5.74) is 4.10. The van der Waals surface area contributed by atoms with Gasteiger partial charge >= 0.3 is 0 Å². The summed E-state index contributed by atoms with van der Waals surface area (Å²) in [6, 6.07) is 8.25. The molecule has 2 aromatic rings. The minimum absolute atomic E-state index is 0.0188. The minimum atomic E-state index is 0.0188. The number of hydrogen-bond acceptors (Lipinski definition) is 3. The fourth-order valence-electron chi connectivity index (χ4n) is 3.57. The van der Waals surface area contributed by atoms with Crippen molar-refractivity contribution >= 4 is 22.2 Å². The minimum Gasteiger partial charge on any atom is -0.497 e. The van der Waals surface area contributed by atoms with E-state index in [1.54, 1.807) is 25.4 Å². The number of benzene rings is 1. The molecule has 0 fully saturated rings. The third kappa shape index (κ3) is 4.41. The van der Waals surface area contributed by atoms with Crippen LogP contribution in [0.1, 0.15) is 41.3 Å². The zero-order valence-electron chi connectivity index (χ0n) is 15.3. The van der Waals surface area contributed by atoms with Gasteiger partial charge in [-0.25, -0.2) is 0 Å². The third-order valence-corrected chi connectivity index (χ3v) is 5.94. The van der Waals surface area contributed by atoms with E-state index in [0.717, 1.165) is 36.7 Å². The second-order valence-corrected chi connectivity index (χ2v) is 7.97. The summed E-state index contributed by atoms with van der Waals surface area (Å²) >= 11 is 1.78. The number of carbonyl (C=O) groups is 1. The Hall–Kier alpha value is -1.85. The van der Waals surface area contributed by atoms with E-state index in [1.165, 1.54) is 39.3 Å². The number of nitrogens with one attached hydrogen (secondary N) is 2. The molecule has 0 saturated heterocycles. The van der Waals surface area contributed by atoms with E-state index in [1.807, 2.05) is 12.1 Å². The Kier molecular flexibility index (Phi) is 5.76. The quantitative estimate of drug-likeness (QED) is 0.833. The molecule has 1 unspecified atom stereocenters. The maximum absolute atomic E-state index is 11.6. The van der Waals surface area contributed by atoms with Gasteiger partial charge in [-0.2, -0.15) is 0 Å². The molecule has 134 valence electrons. The van der Waals surface area contributed by atoms with Crippen molar-refractivity contribution in [3.8, 4) is 5.75 Å². The van der Waals surface area contributed by atoms with Crippen LogP contribution in [-0.4, -0.2) is 20.1 Å². The number of anilines is 1. The lowest BCUT2D eigenvalue weighted by Gasteiger charge is -2.18. The summed E-state index contributed by atoms with van der Waals surface area (Å²) in [5.74, 6) is 0.919. The van der Waals surface area contributed by atoms with Crippen LogP contribution in [0.15, 0.2) is 24.3 Å². The molecule has 5 heteroatoms. The number of carbonyl (C=O) groups excluding carboxylic acids is 1. The molecule has 1 aliphatic carbocycles. The fraction of sp³-hybridized carbons (Fsp3) is 0.450. The Labute approximate surface area is 153 Å². The van der Waals surface area contributed by atoms with Crippen molar-refractivity contribution in [1.82, 2.24) is 0 Å². The summed E-state index contributed by atoms with van der Waals surface area (Å²) in [4.78, 5) is 14.5. The Morgan fingerprint density at radius 2 is 2.08 bits per heavy atom. The first-order valence-electron chi connectivity index (χ1n) is 8.92. The van der Waals surface area contributed by atoms with Gasteiger partial charge in [0.15, 0.2) is 0 Å². The normalized spacial score (nSPS) is 14.7. The van der Waals surface area contributed by atoms with Crippen LogP contribution in [0, 0.1) is 0 Å². The number of methoxy groups -OCH3 is 1. The van der Waals surface area contributed by atoms with E-state index in [9.17, 15) is 4.79 Å². The Morgan fingerprint density at radius 1 is 1.28 bits per heavy atom. The standard InChI is InChI=1S/C20H26N2O2S/c1-14(23)21-20-18(17-9-4-5-10-19(17)25-20)13-22(2)12-15-7-6-8-16(11-15)24-3/h6-8,11H,4-5,9-10,12-13H2,1-3H3,(H,21,23)/p+1. The zero-order chi connectivity index (χ0) is 17.8. The summed E-state index contributed by atoms with van der Waals surface area (Å²) < 4.78 is 5.32. The van der Waals surface area contributed by atoms with Crippen LogP contribution in [0.2, 0.25) is 0 Å². The average molecular weight is 360 g/mol. The molecule has 1 aromatic carbocycles. The first-order chi connectivity index (χ1) is 12.1. The summed E-state index contributed by atoms with van der Waals surface area (Å²) in [6.07, 6.45) is 4.82. The second-order valence-electron chi connectivity index (χ2n) is 6.86. The number of aryl methyl sites for hydroxylation is 1. The van der Waals surface area contributed by atoms with Gasteiger partial charge in [0.25, 0.3) is 0 Å². The molecule has 0 radical (unpaired) electrons. The van der Waals surface area contributed by atoms with Crippen LogP contribution in [0.5, 0.6) is 5.75 Å². The first kappa shape index (κ1) is 18.0. The number of quaternary nitrogens is 1. The molecule has 0 spiro atoms. The topological polar surface area (TPSA) is 42.8 Å². The molecule has 0 bridgehead atoms. The Morgan fingerprint density at radius 3 is 2.84 bits per heavy atom. The number of ether oxygens (including phenoxy) is 1. The molecule has 2 N–H and O–H groups in total. The van der Waals surface area contributed by atoms with Gasteiger partial charge in [-0.15, -0.1) is 11.3 Å². The van der Waals surface area contributed by atoms with Crippen LogP contribution >= 0.6 is 11.3 Å². The number of hydrogen-bond donors (Lipinski definition) is 2. The molecule has 0 saturated carbocycles. The summed E-state index contributed by atoms with van der Waals surface area (Å²) in [7, 11) is 3.91. The monoisotopic (exact) mass is 359 g/mol. The van der Waals surface area contributed by atoms with Gasteiger partial charge < -0.3 is 15.0 Å². The predicted octanol–water partition coefficient (Wildman–Crippen LogP) is 2.81. The molecule has 1 heterocycles. The van der Waals surface area contributed by atoms with Crippen molar-refractivity contribution in [2.45, 2.75) is 45.7 Å². The van der Waals surface area contributed by atoms with Crippen molar-refractivity contribution < 1.29 is 14.4 Å². The molecule has 4 nitrogen and oxygen atoms in total. The lowest BCUT2D eigenvalue weighted by Crippen LogP contribution is -3.06. The van der Waals surface area contributed by atoms with E-state index in [0.29, 0.717) is 0 Å². The Bertz CT molecular complexity index is 754. The molecule has 1 atom stereocenters. The van der Waals surface area contributed by atoms with Gasteiger partial charge in [-0.05, 0) is 43.4 Å². The lowest BCUT2D eigenvalue weighted by molar-refractivity contribution is -0.907.